The standard InChI is InChI=1S/C6H5N3.C2H5NO/c1-2-5-6(7-3-1)9-4-8-5;1-2(3)4/h1-4H,(H,7,8,9);1H3,(H2,3,4). The molecule has 5 heteroatoms. The molecular weight excluding hydrogens is 168 g/mol. The molecule has 13 heavy (non-hydrogen) atoms. The van der Waals surface area contributed by atoms with Gasteiger partial charge in [-0.3, -0.25) is 4.79 Å². The Morgan fingerprint density at radius 1 is 1.54 bits per heavy atom. The first-order chi connectivity index (χ1) is 6.20. The lowest BCUT2D eigenvalue weighted by Crippen LogP contribution is -2.01. The van der Waals surface area contributed by atoms with Gasteiger partial charge in [0.1, 0.15) is 0 Å². The van der Waals surface area contributed by atoms with Gasteiger partial charge in [0.25, 0.3) is 0 Å². The van der Waals surface area contributed by atoms with Crippen LogP contribution in [0.15, 0.2) is 24.7 Å². The average Bonchev–Trinajstić information content (AvgIpc) is 2.49. The number of aromatic amines is 1. The quantitative estimate of drug-likeness (QED) is 0.614. The maximum Gasteiger partial charge on any atom is 0.214 e. The highest BCUT2D eigenvalue weighted by Gasteiger charge is 1.90. The summed E-state index contributed by atoms with van der Waals surface area (Å²) < 4.78 is 0. The first-order valence-corrected chi connectivity index (χ1v) is 3.70. The van der Waals surface area contributed by atoms with Crippen LogP contribution in [0.3, 0.4) is 0 Å². The Bertz CT molecular complexity index is 361. The van der Waals surface area contributed by atoms with E-state index in [9.17, 15) is 4.79 Å². The van der Waals surface area contributed by atoms with Crippen molar-refractivity contribution < 1.29 is 4.79 Å². The number of H-pyrrole nitrogens is 1. The zero-order valence-electron chi connectivity index (χ0n) is 7.19. The number of primary amides is 1. The van der Waals surface area contributed by atoms with Gasteiger partial charge in [-0.2, -0.15) is 0 Å². The monoisotopic (exact) mass is 178 g/mol. The lowest BCUT2D eigenvalue weighted by molar-refractivity contribution is -0.115. The summed E-state index contributed by atoms with van der Waals surface area (Å²) in [5.41, 5.74) is 6.23. The average molecular weight is 178 g/mol. The van der Waals surface area contributed by atoms with E-state index in [2.05, 4.69) is 20.7 Å². The maximum absolute atomic E-state index is 9.22. The Kier molecular flexibility index (Phi) is 2.97. The first kappa shape index (κ1) is 9.18. The molecule has 2 aromatic rings. The summed E-state index contributed by atoms with van der Waals surface area (Å²) in [5, 5.41) is 0. The molecule has 2 rings (SSSR count). The normalized spacial score (nSPS) is 9.00. The number of amides is 1. The van der Waals surface area contributed by atoms with E-state index in [-0.39, 0.29) is 5.91 Å². The van der Waals surface area contributed by atoms with Crippen LogP contribution >= 0.6 is 0 Å². The Morgan fingerprint density at radius 3 is 2.85 bits per heavy atom. The van der Waals surface area contributed by atoms with Crippen molar-refractivity contribution in [1.82, 2.24) is 15.0 Å². The van der Waals surface area contributed by atoms with E-state index in [0.717, 1.165) is 11.2 Å². The zero-order valence-corrected chi connectivity index (χ0v) is 7.19. The van der Waals surface area contributed by atoms with E-state index in [4.69, 9.17) is 0 Å². The molecule has 0 saturated carbocycles. The van der Waals surface area contributed by atoms with Crippen molar-refractivity contribution in [3.8, 4) is 0 Å². The summed E-state index contributed by atoms with van der Waals surface area (Å²) in [7, 11) is 0. The van der Waals surface area contributed by atoms with Crippen LogP contribution in [0.5, 0.6) is 0 Å². The number of fused-ring (bicyclic) bond motifs is 1. The molecule has 0 bridgehead atoms. The lowest BCUT2D eigenvalue weighted by atomic mass is 10.4. The number of carbonyl (C=O) groups excluding carboxylic acids is 1. The van der Waals surface area contributed by atoms with Crippen LogP contribution in [0.4, 0.5) is 0 Å². The fourth-order valence-electron chi connectivity index (χ4n) is 0.775. The highest BCUT2D eigenvalue weighted by molar-refractivity contribution is 5.70. The van der Waals surface area contributed by atoms with E-state index in [0.29, 0.717) is 0 Å². The van der Waals surface area contributed by atoms with Crippen molar-refractivity contribution in [3.63, 3.8) is 0 Å². The topological polar surface area (TPSA) is 84.7 Å². The van der Waals surface area contributed by atoms with Crippen LogP contribution in [-0.2, 0) is 4.79 Å². The van der Waals surface area contributed by atoms with Crippen LogP contribution in [0.25, 0.3) is 11.2 Å². The fraction of sp³-hybridized carbons (Fsp3) is 0.125. The molecule has 0 fully saturated rings. The van der Waals surface area contributed by atoms with Gasteiger partial charge >= 0.3 is 0 Å². The molecule has 0 saturated heterocycles. The van der Waals surface area contributed by atoms with Gasteiger partial charge in [-0.05, 0) is 12.1 Å². The largest absolute Gasteiger partial charge is 0.370 e. The van der Waals surface area contributed by atoms with Crippen molar-refractivity contribution in [2.75, 3.05) is 0 Å². The van der Waals surface area contributed by atoms with Crippen molar-refractivity contribution in [3.05, 3.63) is 24.7 Å². The Balaban J connectivity index is 0.000000184. The van der Waals surface area contributed by atoms with Crippen LogP contribution in [0.1, 0.15) is 6.92 Å². The van der Waals surface area contributed by atoms with E-state index in [1.165, 1.54) is 6.92 Å². The summed E-state index contributed by atoms with van der Waals surface area (Å²) in [6.07, 6.45) is 3.36. The lowest BCUT2D eigenvalue weighted by Gasteiger charge is -1.80. The molecule has 2 aromatic heterocycles. The minimum Gasteiger partial charge on any atom is -0.370 e. The molecule has 0 aromatic carbocycles. The Labute approximate surface area is 75.0 Å². The molecular formula is C8H10N4O. The second kappa shape index (κ2) is 4.20. The summed E-state index contributed by atoms with van der Waals surface area (Å²) in [6.45, 7) is 1.31. The van der Waals surface area contributed by atoms with Crippen molar-refractivity contribution in [2.45, 2.75) is 6.92 Å². The molecule has 68 valence electrons. The zero-order chi connectivity index (χ0) is 9.68. The van der Waals surface area contributed by atoms with Crippen molar-refractivity contribution >= 4 is 17.1 Å². The predicted octanol–water partition coefficient (Wildman–Crippen LogP) is 0.449. The van der Waals surface area contributed by atoms with Crippen LogP contribution in [-0.4, -0.2) is 20.9 Å². The number of carbonyl (C=O) groups is 1. The van der Waals surface area contributed by atoms with Gasteiger partial charge in [-0.1, -0.05) is 0 Å². The molecule has 0 radical (unpaired) electrons. The number of pyridine rings is 1. The second-order valence-electron chi connectivity index (χ2n) is 2.39. The van der Waals surface area contributed by atoms with Gasteiger partial charge in [0.2, 0.25) is 5.91 Å². The molecule has 0 aliphatic rings. The fourth-order valence-corrected chi connectivity index (χ4v) is 0.775. The maximum atomic E-state index is 9.22. The molecule has 0 unspecified atom stereocenters. The van der Waals surface area contributed by atoms with E-state index in [1.54, 1.807) is 12.5 Å². The number of nitrogens with one attached hydrogen (secondary N) is 1. The third-order valence-electron chi connectivity index (χ3n) is 1.19. The number of nitrogens with two attached hydrogens (primary N) is 1. The minimum atomic E-state index is -0.333. The minimum absolute atomic E-state index is 0.333. The van der Waals surface area contributed by atoms with Gasteiger partial charge in [0.15, 0.2) is 5.65 Å². The number of aromatic nitrogens is 3. The van der Waals surface area contributed by atoms with Gasteiger partial charge in [0, 0.05) is 13.1 Å². The van der Waals surface area contributed by atoms with Crippen LogP contribution in [0.2, 0.25) is 0 Å². The molecule has 3 N–H and O–H groups in total. The SMILES string of the molecule is CC(N)=O.c1cnc2nc[nH]c2c1. The third kappa shape index (κ3) is 2.90. The molecule has 0 aliphatic carbocycles. The van der Waals surface area contributed by atoms with Crippen molar-refractivity contribution in [1.29, 1.82) is 0 Å². The van der Waals surface area contributed by atoms with Gasteiger partial charge in [0.05, 0.1) is 11.8 Å². The number of imidazole rings is 1. The smallest absolute Gasteiger partial charge is 0.214 e. The Hall–Kier alpha value is -1.91. The number of hydrogen-bond donors (Lipinski definition) is 2. The molecule has 5 nitrogen and oxygen atoms in total. The van der Waals surface area contributed by atoms with E-state index in [1.807, 2.05) is 12.1 Å². The van der Waals surface area contributed by atoms with Crippen LogP contribution < -0.4 is 5.73 Å². The van der Waals surface area contributed by atoms with Gasteiger partial charge in [-0.25, -0.2) is 9.97 Å². The number of rotatable bonds is 0. The highest BCUT2D eigenvalue weighted by Crippen LogP contribution is 2.01. The molecule has 0 atom stereocenters. The summed E-state index contributed by atoms with van der Waals surface area (Å²) in [4.78, 5) is 20.1. The summed E-state index contributed by atoms with van der Waals surface area (Å²) >= 11 is 0. The molecule has 0 spiro atoms. The second-order valence-corrected chi connectivity index (χ2v) is 2.39. The number of hydrogen-bond acceptors (Lipinski definition) is 3. The van der Waals surface area contributed by atoms with Gasteiger partial charge < -0.3 is 10.7 Å². The van der Waals surface area contributed by atoms with Crippen LogP contribution in [0, 0.1) is 0 Å². The van der Waals surface area contributed by atoms with Crippen molar-refractivity contribution in [2.24, 2.45) is 5.73 Å². The first-order valence-electron chi connectivity index (χ1n) is 3.70. The summed E-state index contributed by atoms with van der Waals surface area (Å²) in [6, 6.07) is 3.82. The Morgan fingerprint density at radius 2 is 2.23 bits per heavy atom. The summed E-state index contributed by atoms with van der Waals surface area (Å²) in [5.74, 6) is -0.333. The van der Waals surface area contributed by atoms with Gasteiger partial charge in [-0.15, -0.1) is 0 Å². The molecule has 2 heterocycles. The molecule has 0 aliphatic heterocycles. The predicted molar refractivity (Wildman–Crippen MR) is 48.8 cm³/mol. The molecule has 1 amide bonds. The highest BCUT2D eigenvalue weighted by atomic mass is 16.1. The number of nitrogens with zero attached hydrogens (tertiary/aromatic N) is 2. The third-order valence-corrected chi connectivity index (χ3v) is 1.19. The van der Waals surface area contributed by atoms with E-state index >= 15 is 0 Å². The van der Waals surface area contributed by atoms with E-state index < -0.39 is 0 Å².